The van der Waals surface area contributed by atoms with Gasteiger partial charge in [-0.05, 0) is 43.3 Å². The van der Waals surface area contributed by atoms with Crippen molar-refractivity contribution < 1.29 is 9.53 Å². The summed E-state index contributed by atoms with van der Waals surface area (Å²) in [5.74, 6) is 0.168. The van der Waals surface area contributed by atoms with Crippen LogP contribution in [0.25, 0.3) is 0 Å². The largest absolute Gasteiger partial charge is 0.479 e. The number of hydrogen-bond donors (Lipinski definition) is 1. The summed E-state index contributed by atoms with van der Waals surface area (Å²) in [7, 11) is 0. The maximum absolute atomic E-state index is 12.0. The number of amides is 1. The first-order valence-corrected chi connectivity index (χ1v) is 6.70. The molecule has 0 aliphatic rings. The highest BCUT2D eigenvalue weighted by atomic mass is 35.5. The van der Waals surface area contributed by atoms with Crippen molar-refractivity contribution in [2.45, 2.75) is 13.0 Å². The molecule has 4 nitrogen and oxygen atoms in total. The number of carbonyl (C=O) groups is 1. The molecule has 2 aromatic carbocycles. The Balaban J connectivity index is 1.99. The highest BCUT2D eigenvalue weighted by Gasteiger charge is 2.16. The van der Waals surface area contributed by atoms with E-state index < -0.39 is 6.10 Å². The molecule has 1 atom stereocenters. The van der Waals surface area contributed by atoms with Crippen molar-refractivity contribution in [2.24, 2.45) is 0 Å². The molecule has 0 saturated heterocycles. The quantitative estimate of drug-likeness (QED) is 0.938. The van der Waals surface area contributed by atoms with E-state index in [2.05, 4.69) is 5.32 Å². The van der Waals surface area contributed by atoms with Crippen LogP contribution in [0.3, 0.4) is 0 Å². The van der Waals surface area contributed by atoms with Crippen LogP contribution in [0.15, 0.2) is 48.5 Å². The van der Waals surface area contributed by atoms with Crippen LogP contribution in [0.1, 0.15) is 12.5 Å². The summed E-state index contributed by atoms with van der Waals surface area (Å²) >= 11 is 5.98. The average molecular weight is 301 g/mol. The lowest BCUT2D eigenvalue weighted by Crippen LogP contribution is -2.30. The summed E-state index contributed by atoms with van der Waals surface area (Å²) in [6, 6.07) is 15.6. The lowest BCUT2D eigenvalue weighted by Gasteiger charge is -2.15. The highest BCUT2D eigenvalue weighted by Crippen LogP contribution is 2.24. The van der Waals surface area contributed by atoms with E-state index in [0.717, 1.165) is 0 Å². The van der Waals surface area contributed by atoms with Crippen LogP contribution < -0.4 is 10.1 Å². The second-order valence-corrected chi connectivity index (χ2v) is 4.78. The minimum absolute atomic E-state index is 0.292. The highest BCUT2D eigenvalue weighted by molar-refractivity contribution is 6.32. The fourth-order valence-electron chi connectivity index (χ4n) is 1.66. The fourth-order valence-corrected chi connectivity index (χ4v) is 1.84. The van der Waals surface area contributed by atoms with Crippen molar-refractivity contribution in [2.75, 3.05) is 5.32 Å². The van der Waals surface area contributed by atoms with E-state index >= 15 is 0 Å². The molecule has 0 radical (unpaired) electrons. The van der Waals surface area contributed by atoms with E-state index in [0.29, 0.717) is 22.0 Å². The molecule has 1 unspecified atom stereocenters. The van der Waals surface area contributed by atoms with E-state index in [9.17, 15) is 4.79 Å². The molecule has 0 heterocycles. The molecule has 0 fully saturated rings. The monoisotopic (exact) mass is 300 g/mol. The van der Waals surface area contributed by atoms with Crippen LogP contribution in [0.4, 0.5) is 5.69 Å². The van der Waals surface area contributed by atoms with Crippen molar-refractivity contribution in [3.8, 4) is 11.8 Å². The van der Waals surface area contributed by atoms with E-state index in [4.69, 9.17) is 21.6 Å². The molecule has 0 aliphatic carbocycles. The van der Waals surface area contributed by atoms with Crippen LogP contribution in [-0.2, 0) is 4.79 Å². The average Bonchev–Trinajstić information content (AvgIpc) is 2.50. The molecule has 1 amide bonds. The molecule has 5 heteroatoms. The molecule has 0 saturated carbocycles. The van der Waals surface area contributed by atoms with Gasteiger partial charge in [0.25, 0.3) is 5.91 Å². The third kappa shape index (κ3) is 3.98. The maximum atomic E-state index is 12.0. The van der Waals surface area contributed by atoms with E-state index in [1.54, 1.807) is 55.5 Å². The predicted octanol–water partition coefficient (Wildman–Crippen LogP) is 3.62. The first-order chi connectivity index (χ1) is 10.1. The van der Waals surface area contributed by atoms with Crippen molar-refractivity contribution in [3.63, 3.8) is 0 Å². The Morgan fingerprint density at radius 1 is 1.24 bits per heavy atom. The van der Waals surface area contributed by atoms with Crippen LogP contribution in [0.2, 0.25) is 5.02 Å². The molecule has 0 aliphatic heterocycles. The predicted molar refractivity (Wildman–Crippen MR) is 81.3 cm³/mol. The lowest BCUT2D eigenvalue weighted by molar-refractivity contribution is -0.122. The minimum Gasteiger partial charge on any atom is -0.479 e. The van der Waals surface area contributed by atoms with Crippen molar-refractivity contribution in [1.29, 1.82) is 5.26 Å². The van der Waals surface area contributed by atoms with E-state index in [1.165, 1.54) is 0 Å². The summed E-state index contributed by atoms with van der Waals surface area (Å²) in [5, 5.41) is 11.9. The normalized spacial score (nSPS) is 11.3. The molecule has 2 rings (SSSR count). The van der Waals surface area contributed by atoms with Crippen molar-refractivity contribution >= 4 is 23.2 Å². The summed E-state index contributed by atoms with van der Waals surface area (Å²) in [4.78, 5) is 12.0. The van der Waals surface area contributed by atoms with Gasteiger partial charge in [-0.25, -0.2) is 0 Å². The van der Waals surface area contributed by atoms with Crippen LogP contribution in [0.5, 0.6) is 5.75 Å². The van der Waals surface area contributed by atoms with Crippen molar-refractivity contribution in [1.82, 2.24) is 0 Å². The molecule has 21 heavy (non-hydrogen) atoms. The van der Waals surface area contributed by atoms with Gasteiger partial charge in [0.2, 0.25) is 0 Å². The number of halogens is 1. The van der Waals surface area contributed by atoms with Gasteiger partial charge < -0.3 is 10.1 Å². The Labute approximate surface area is 127 Å². The molecule has 0 spiro atoms. The third-order valence-corrected chi connectivity index (χ3v) is 3.10. The molecule has 1 N–H and O–H groups in total. The van der Waals surface area contributed by atoms with Crippen molar-refractivity contribution in [3.05, 3.63) is 59.1 Å². The minimum atomic E-state index is -0.694. The summed E-state index contributed by atoms with van der Waals surface area (Å²) < 4.78 is 5.53. The van der Waals surface area contributed by atoms with Crippen LogP contribution >= 0.6 is 11.6 Å². The zero-order valence-electron chi connectivity index (χ0n) is 11.3. The van der Waals surface area contributed by atoms with Gasteiger partial charge in [-0.2, -0.15) is 5.26 Å². The molecule has 2 aromatic rings. The Bertz CT molecular complexity index is 677. The first-order valence-electron chi connectivity index (χ1n) is 6.32. The van der Waals surface area contributed by atoms with Gasteiger partial charge in [0.1, 0.15) is 5.75 Å². The Morgan fingerprint density at radius 2 is 1.90 bits per heavy atom. The fraction of sp³-hybridized carbons (Fsp3) is 0.125. The third-order valence-electron chi connectivity index (χ3n) is 2.79. The summed E-state index contributed by atoms with van der Waals surface area (Å²) in [6.07, 6.45) is -0.694. The second kappa shape index (κ2) is 6.78. The van der Waals surface area contributed by atoms with Gasteiger partial charge in [0, 0.05) is 5.69 Å². The number of nitrogens with zero attached hydrogens (tertiary/aromatic N) is 1. The number of nitriles is 1. The number of anilines is 1. The molecule has 0 bridgehead atoms. The number of nitrogens with one attached hydrogen (secondary N) is 1. The van der Waals surface area contributed by atoms with E-state index in [-0.39, 0.29) is 5.91 Å². The number of hydrogen-bond acceptors (Lipinski definition) is 3. The van der Waals surface area contributed by atoms with Gasteiger partial charge in [-0.15, -0.1) is 0 Å². The van der Waals surface area contributed by atoms with Gasteiger partial charge in [-0.1, -0.05) is 23.7 Å². The maximum Gasteiger partial charge on any atom is 0.265 e. The lowest BCUT2D eigenvalue weighted by atomic mass is 10.2. The topological polar surface area (TPSA) is 62.1 Å². The Hall–Kier alpha value is -2.51. The van der Waals surface area contributed by atoms with Gasteiger partial charge in [0.15, 0.2) is 6.10 Å². The summed E-state index contributed by atoms with van der Waals surface area (Å²) in [6.45, 7) is 1.64. The Kier molecular flexibility index (Phi) is 4.81. The number of para-hydroxylation sites is 1. The number of benzene rings is 2. The zero-order chi connectivity index (χ0) is 15.2. The van der Waals surface area contributed by atoms with E-state index in [1.807, 2.05) is 6.07 Å². The van der Waals surface area contributed by atoms with Gasteiger partial charge in [0.05, 0.1) is 16.7 Å². The van der Waals surface area contributed by atoms with Crippen LogP contribution in [0, 0.1) is 11.3 Å². The van der Waals surface area contributed by atoms with Crippen LogP contribution in [-0.4, -0.2) is 12.0 Å². The number of ether oxygens (including phenoxy) is 1. The first kappa shape index (κ1) is 14.9. The molecular formula is C16H13ClN2O2. The standard InChI is InChI=1S/C16H13ClN2O2/c1-11(21-15-5-3-2-4-14(15)17)16(20)19-13-8-6-12(10-18)7-9-13/h2-9,11H,1H3,(H,19,20). The Morgan fingerprint density at radius 3 is 2.52 bits per heavy atom. The SMILES string of the molecule is CC(Oc1ccccc1Cl)C(=O)Nc1ccc(C#N)cc1. The van der Waals surface area contributed by atoms with Gasteiger partial charge in [-0.3, -0.25) is 4.79 Å². The second-order valence-electron chi connectivity index (χ2n) is 4.37. The molecule has 106 valence electrons. The summed E-state index contributed by atoms with van der Waals surface area (Å²) in [5.41, 5.74) is 1.14. The molecule has 0 aromatic heterocycles. The van der Waals surface area contributed by atoms with Gasteiger partial charge >= 0.3 is 0 Å². The smallest absolute Gasteiger partial charge is 0.265 e. The zero-order valence-corrected chi connectivity index (χ0v) is 12.1. The molecular weight excluding hydrogens is 288 g/mol. The number of rotatable bonds is 4. The number of carbonyl (C=O) groups excluding carboxylic acids is 1.